The molecule has 0 aliphatic carbocycles. The van der Waals surface area contributed by atoms with Crippen molar-refractivity contribution in [3.05, 3.63) is 65.3 Å². The van der Waals surface area contributed by atoms with E-state index in [9.17, 15) is 8.42 Å². The van der Waals surface area contributed by atoms with Crippen molar-refractivity contribution in [2.24, 2.45) is 0 Å². The number of sulfonamides is 1. The van der Waals surface area contributed by atoms with Crippen molar-refractivity contribution in [3.8, 4) is 0 Å². The van der Waals surface area contributed by atoms with E-state index in [4.69, 9.17) is 11.6 Å². The minimum atomic E-state index is -3.53. The Kier molecular flexibility index (Phi) is 5.85. The molecule has 0 unspecified atom stereocenters. The van der Waals surface area contributed by atoms with E-state index in [1.54, 1.807) is 12.1 Å². The van der Waals surface area contributed by atoms with Crippen molar-refractivity contribution in [1.29, 1.82) is 0 Å². The lowest BCUT2D eigenvalue weighted by atomic mass is 10.3. The molecule has 0 amide bonds. The van der Waals surface area contributed by atoms with Crippen molar-refractivity contribution in [2.45, 2.75) is 11.8 Å². The standard InChI is InChI=1S/C20H21ClN6O2S/c1-15-3-2-4-18(22-15)23-19-9-10-20(25-24-19)26-11-13-27(14-12-26)30(28,29)17-7-5-16(21)6-8-17/h2-10H,11-14H2,1H3,(H,22,23,24). The molecule has 1 fully saturated rings. The van der Waals surface area contributed by atoms with Gasteiger partial charge in [-0.2, -0.15) is 4.31 Å². The molecule has 2 aromatic heterocycles. The topological polar surface area (TPSA) is 91.3 Å². The largest absolute Gasteiger partial charge is 0.352 e. The fourth-order valence-electron chi connectivity index (χ4n) is 3.22. The molecule has 0 radical (unpaired) electrons. The number of piperazine rings is 1. The summed E-state index contributed by atoms with van der Waals surface area (Å²) in [7, 11) is -3.53. The third-order valence-corrected chi connectivity index (χ3v) is 6.97. The molecule has 8 nitrogen and oxygen atoms in total. The predicted molar refractivity (Wildman–Crippen MR) is 117 cm³/mol. The van der Waals surface area contributed by atoms with Crippen LogP contribution in [0.4, 0.5) is 17.5 Å². The van der Waals surface area contributed by atoms with Gasteiger partial charge in [-0.15, -0.1) is 10.2 Å². The second-order valence-corrected chi connectivity index (χ2v) is 9.29. The SMILES string of the molecule is Cc1cccc(Nc2ccc(N3CCN(S(=O)(=O)c4ccc(Cl)cc4)CC3)nn2)n1. The molecular weight excluding hydrogens is 424 g/mol. The lowest BCUT2D eigenvalue weighted by Gasteiger charge is -2.34. The first kappa shape index (κ1) is 20.5. The molecule has 0 spiro atoms. The summed E-state index contributed by atoms with van der Waals surface area (Å²) >= 11 is 5.86. The van der Waals surface area contributed by atoms with Gasteiger partial charge in [0, 0.05) is 36.9 Å². The van der Waals surface area contributed by atoms with E-state index in [0.29, 0.717) is 48.7 Å². The fourth-order valence-corrected chi connectivity index (χ4v) is 4.77. The van der Waals surface area contributed by atoms with Crippen LogP contribution in [0.5, 0.6) is 0 Å². The zero-order valence-electron chi connectivity index (χ0n) is 16.4. The molecule has 1 saturated heterocycles. The molecule has 1 aromatic carbocycles. The maximum absolute atomic E-state index is 12.8. The lowest BCUT2D eigenvalue weighted by Crippen LogP contribution is -2.48. The number of rotatable bonds is 5. The van der Waals surface area contributed by atoms with E-state index in [-0.39, 0.29) is 4.90 Å². The minimum Gasteiger partial charge on any atom is -0.352 e. The molecule has 1 aliphatic heterocycles. The van der Waals surface area contributed by atoms with Gasteiger partial charge in [0.2, 0.25) is 10.0 Å². The lowest BCUT2D eigenvalue weighted by molar-refractivity contribution is 0.383. The number of hydrogen-bond acceptors (Lipinski definition) is 7. The maximum atomic E-state index is 12.8. The molecule has 3 heterocycles. The maximum Gasteiger partial charge on any atom is 0.243 e. The smallest absolute Gasteiger partial charge is 0.243 e. The third kappa shape index (κ3) is 4.53. The van der Waals surface area contributed by atoms with Crippen LogP contribution in [0.25, 0.3) is 0 Å². The summed E-state index contributed by atoms with van der Waals surface area (Å²) in [5.74, 6) is 2.01. The van der Waals surface area contributed by atoms with E-state index in [0.717, 1.165) is 5.69 Å². The van der Waals surface area contributed by atoms with E-state index >= 15 is 0 Å². The van der Waals surface area contributed by atoms with Gasteiger partial charge in [0.15, 0.2) is 11.6 Å². The molecule has 3 aromatic rings. The van der Waals surface area contributed by atoms with Crippen molar-refractivity contribution >= 4 is 39.1 Å². The van der Waals surface area contributed by atoms with Gasteiger partial charge in [0.25, 0.3) is 0 Å². The Hall–Kier alpha value is -2.75. The highest BCUT2D eigenvalue weighted by Gasteiger charge is 2.29. The van der Waals surface area contributed by atoms with Gasteiger partial charge in [-0.1, -0.05) is 17.7 Å². The van der Waals surface area contributed by atoms with Crippen LogP contribution in [0.1, 0.15) is 5.69 Å². The van der Waals surface area contributed by atoms with Gasteiger partial charge in [0.1, 0.15) is 5.82 Å². The number of anilines is 3. The number of halogens is 1. The average Bonchev–Trinajstić information content (AvgIpc) is 2.75. The zero-order chi connectivity index (χ0) is 21.1. The van der Waals surface area contributed by atoms with Crippen molar-refractivity contribution in [1.82, 2.24) is 19.5 Å². The summed E-state index contributed by atoms with van der Waals surface area (Å²) in [6.07, 6.45) is 0. The Labute approximate surface area is 180 Å². The number of pyridine rings is 1. The normalized spacial score (nSPS) is 15.2. The summed E-state index contributed by atoms with van der Waals surface area (Å²) in [5, 5.41) is 12.1. The summed E-state index contributed by atoms with van der Waals surface area (Å²) in [5.41, 5.74) is 0.913. The van der Waals surface area contributed by atoms with E-state index in [1.807, 2.05) is 42.2 Å². The molecular formula is C20H21ClN6O2S. The van der Waals surface area contributed by atoms with Gasteiger partial charge in [-0.3, -0.25) is 0 Å². The van der Waals surface area contributed by atoms with Crippen molar-refractivity contribution in [2.75, 3.05) is 36.4 Å². The Morgan fingerprint density at radius 3 is 2.27 bits per heavy atom. The first-order chi connectivity index (χ1) is 14.4. The third-order valence-electron chi connectivity index (χ3n) is 4.81. The molecule has 1 aliphatic rings. The number of nitrogens with zero attached hydrogens (tertiary/aromatic N) is 5. The van der Waals surface area contributed by atoms with E-state index in [2.05, 4.69) is 20.5 Å². The van der Waals surface area contributed by atoms with Crippen molar-refractivity contribution in [3.63, 3.8) is 0 Å². The molecule has 4 rings (SSSR count). The van der Waals surface area contributed by atoms with Gasteiger partial charge in [0.05, 0.1) is 4.90 Å². The molecule has 0 saturated carbocycles. The number of benzene rings is 1. The Bertz CT molecular complexity index is 1110. The summed E-state index contributed by atoms with van der Waals surface area (Å²) < 4.78 is 27.1. The zero-order valence-corrected chi connectivity index (χ0v) is 17.9. The van der Waals surface area contributed by atoms with Crippen LogP contribution in [0, 0.1) is 6.92 Å². The quantitative estimate of drug-likeness (QED) is 0.646. The number of hydrogen-bond donors (Lipinski definition) is 1. The number of aromatic nitrogens is 3. The fraction of sp³-hybridized carbons (Fsp3) is 0.250. The van der Waals surface area contributed by atoms with Crippen LogP contribution in [0.3, 0.4) is 0 Å². The Morgan fingerprint density at radius 2 is 1.63 bits per heavy atom. The molecule has 1 N–H and O–H groups in total. The van der Waals surface area contributed by atoms with Crippen LogP contribution in [0.15, 0.2) is 59.5 Å². The molecule has 0 atom stereocenters. The van der Waals surface area contributed by atoms with Crippen LogP contribution in [-0.4, -0.2) is 54.1 Å². The highest BCUT2D eigenvalue weighted by molar-refractivity contribution is 7.89. The summed E-state index contributed by atoms with van der Waals surface area (Å²) in [6.45, 7) is 3.74. The Morgan fingerprint density at radius 1 is 0.900 bits per heavy atom. The Balaban J connectivity index is 1.38. The van der Waals surface area contributed by atoms with Gasteiger partial charge in [-0.25, -0.2) is 13.4 Å². The van der Waals surface area contributed by atoms with Crippen LogP contribution in [0.2, 0.25) is 5.02 Å². The van der Waals surface area contributed by atoms with Gasteiger partial charge >= 0.3 is 0 Å². The van der Waals surface area contributed by atoms with Crippen molar-refractivity contribution < 1.29 is 8.42 Å². The van der Waals surface area contributed by atoms with Crippen LogP contribution < -0.4 is 10.2 Å². The first-order valence-electron chi connectivity index (χ1n) is 9.47. The van der Waals surface area contributed by atoms with E-state index in [1.165, 1.54) is 16.4 Å². The second kappa shape index (κ2) is 8.55. The van der Waals surface area contributed by atoms with Crippen LogP contribution >= 0.6 is 11.6 Å². The average molecular weight is 445 g/mol. The van der Waals surface area contributed by atoms with Gasteiger partial charge < -0.3 is 10.2 Å². The molecule has 156 valence electrons. The molecule has 30 heavy (non-hydrogen) atoms. The monoisotopic (exact) mass is 444 g/mol. The second-order valence-electron chi connectivity index (χ2n) is 6.91. The minimum absolute atomic E-state index is 0.250. The summed E-state index contributed by atoms with van der Waals surface area (Å²) in [6, 6.07) is 15.6. The molecule has 0 bridgehead atoms. The molecule has 10 heteroatoms. The highest BCUT2D eigenvalue weighted by Crippen LogP contribution is 2.22. The summed E-state index contributed by atoms with van der Waals surface area (Å²) in [4.78, 5) is 6.66. The van der Waals surface area contributed by atoms with Crippen LogP contribution in [-0.2, 0) is 10.0 Å². The highest BCUT2D eigenvalue weighted by atomic mass is 35.5. The number of aryl methyl sites for hydroxylation is 1. The van der Waals surface area contributed by atoms with E-state index < -0.39 is 10.0 Å². The predicted octanol–water partition coefficient (Wildman–Crippen LogP) is 3.09. The first-order valence-corrected chi connectivity index (χ1v) is 11.3. The number of nitrogens with one attached hydrogen (secondary N) is 1. The van der Waals surface area contributed by atoms with Gasteiger partial charge in [-0.05, 0) is 55.5 Å².